The van der Waals surface area contributed by atoms with E-state index in [1.807, 2.05) is 13.8 Å². The van der Waals surface area contributed by atoms with Gasteiger partial charge in [-0.15, -0.1) is 6.42 Å². The van der Waals surface area contributed by atoms with Crippen molar-refractivity contribution in [1.82, 2.24) is 10.3 Å². The Kier molecular flexibility index (Phi) is 3.91. The van der Waals surface area contributed by atoms with Crippen LogP contribution in [0.5, 0.6) is 0 Å². The third-order valence-corrected chi connectivity index (χ3v) is 3.93. The van der Waals surface area contributed by atoms with Crippen LogP contribution in [-0.4, -0.2) is 22.0 Å². The number of nitrogens with zero attached hydrogens (tertiary/aromatic N) is 1. The fourth-order valence-corrected chi connectivity index (χ4v) is 1.85. The predicted molar refractivity (Wildman–Crippen MR) is 80.5 cm³/mol. The Morgan fingerprint density at radius 3 is 2.81 bits per heavy atom. The summed E-state index contributed by atoms with van der Waals surface area (Å²) in [4.78, 5) is 16.4. The number of hydrogen-bond donors (Lipinski definition) is 2. The molecule has 4 nitrogen and oxygen atoms in total. The zero-order valence-electron chi connectivity index (χ0n) is 12.6. The van der Waals surface area contributed by atoms with Crippen molar-refractivity contribution in [2.45, 2.75) is 51.1 Å². The molecule has 1 heterocycles. The second kappa shape index (κ2) is 5.36. The normalized spacial score (nSPS) is 18.2. The number of hydrogen-bond acceptors (Lipinski definition) is 3. The van der Waals surface area contributed by atoms with Gasteiger partial charge >= 0.3 is 0 Å². The molecule has 1 saturated carbocycles. The van der Waals surface area contributed by atoms with E-state index in [1.165, 1.54) is 6.07 Å². The molecule has 1 amide bonds. The van der Waals surface area contributed by atoms with Gasteiger partial charge in [0.05, 0.1) is 17.3 Å². The molecule has 2 rings (SSSR count). The highest BCUT2D eigenvalue weighted by atomic mass is 19.1. The Morgan fingerprint density at radius 2 is 2.29 bits per heavy atom. The molecule has 2 N–H and O–H groups in total. The first-order chi connectivity index (χ1) is 9.81. The van der Waals surface area contributed by atoms with Gasteiger partial charge in [0, 0.05) is 5.54 Å². The van der Waals surface area contributed by atoms with Crippen LogP contribution in [0, 0.1) is 18.2 Å². The lowest BCUT2D eigenvalue weighted by atomic mass is 9.99. The largest absolute Gasteiger partial charge is 0.364 e. The van der Waals surface area contributed by atoms with Gasteiger partial charge in [-0.25, -0.2) is 9.37 Å². The molecule has 0 spiro atoms. The molecular weight excluding hydrogens is 269 g/mol. The van der Waals surface area contributed by atoms with Gasteiger partial charge in [-0.1, -0.05) is 12.8 Å². The Balaban J connectivity index is 2.27. The van der Waals surface area contributed by atoms with Crippen molar-refractivity contribution in [3.05, 3.63) is 23.6 Å². The number of carbonyl (C=O) groups excluding carboxylic acids is 1. The minimum atomic E-state index is -0.760. The van der Waals surface area contributed by atoms with Gasteiger partial charge in [0.25, 0.3) is 5.91 Å². The van der Waals surface area contributed by atoms with E-state index in [0.29, 0.717) is 12.2 Å². The number of nitrogens with one attached hydrogen (secondary N) is 2. The molecule has 0 unspecified atom stereocenters. The lowest BCUT2D eigenvalue weighted by Crippen LogP contribution is -2.44. The van der Waals surface area contributed by atoms with E-state index in [0.717, 1.165) is 19.0 Å². The van der Waals surface area contributed by atoms with Crippen LogP contribution in [0.1, 0.15) is 50.4 Å². The molecule has 21 heavy (non-hydrogen) atoms. The number of terminal acetylenes is 1. The van der Waals surface area contributed by atoms with Gasteiger partial charge in [-0.2, -0.15) is 0 Å². The molecular formula is C16H20FN3O. The van der Waals surface area contributed by atoms with Crippen LogP contribution >= 0.6 is 0 Å². The van der Waals surface area contributed by atoms with E-state index < -0.39 is 17.3 Å². The van der Waals surface area contributed by atoms with Gasteiger partial charge in [-0.3, -0.25) is 4.79 Å². The molecule has 112 valence electrons. The SMILES string of the molecule is C#C[C@](C)(CC)NC(=O)c1cc(F)cnc1NC1(C)CC1. The maximum atomic E-state index is 13.4. The van der Waals surface area contributed by atoms with Crippen molar-refractivity contribution in [2.24, 2.45) is 0 Å². The fourth-order valence-electron chi connectivity index (χ4n) is 1.85. The van der Waals surface area contributed by atoms with E-state index >= 15 is 0 Å². The number of pyridine rings is 1. The minimum Gasteiger partial charge on any atom is -0.364 e. The molecule has 1 fully saturated rings. The molecule has 0 radical (unpaired) electrons. The van der Waals surface area contributed by atoms with Crippen LogP contribution in [0.4, 0.5) is 10.2 Å². The first kappa shape index (κ1) is 15.3. The van der Waals surface area contributed by atoms with Crippen LogP contribution in [0.3, 0.4) is 0 Å². The molecule has 1 aromatic rings. The lowest BCUT2D eigenvalue weighted by Gasteiger charge is -2.24. The quantitative estimate of drug-likeness (QED) is 0.819. The summed E-state index contributed by atoms with van der Waals surface area (Å²) in [6.45, 7) is 5.68. The van der Waals surface area contributed by atoms with Crippen LogP contribution < -0.4 is 10.6 Å². The molecule has 5 heteroatoms. The molecule has 1 aliphatic carbocycles. The maximum absolute atomic E-state index is 13.4. The molecule has 1 atom stereocenters. The predicted octanol–water partition coefficient (Wildman–Crippen LogP) is 2.72. The van der Waals surface area contributed by atoms with Crippen molar-refractivity contribution in [1.29, 1.82) is 0 Å². The average Bonchev–Trinajstić information content (AvgIpc) is 3.18. The Labute approximate surface area is 124 Å². The Hall–Kier alpha value is -2.09. The summed E-state index contributed by atoms with van der Waals surface area (Å²) in [5, 5.41) is 5.96. The van der Waals surface area contributed by atoms with Crippen molar-refractivity contribution >= 4 is 11.7 Å². The highest BCUT2D eigenvalue weighted by molar-refractivity contribution is 5.99. The highest BCUT2D eigenvalue weighted by Crippen LogP contribution is 2.38. The number of amides is 1. The fraction of sp³-hybridized carbons (Fsp3) is 0.500. The van der Waals surface area contributed by atoms with Crippen LogP contribution in [0.25, 0.3) is 0 Å². The van der Waals surface area contributed by atoms with Crippen molar-refractivity contribution in [3.63, 3.8) is 0 Å². The van der Waals surface area contributed by atoms with Crippen molar-refractivity contribution in [3.8, 4) is 12.3 Å². The summed E-state index contributed by atoms with van der Waals surface area (Å²) in [5.74, 6) is 1.98. The molecule has 0 saturated heterocycles. The molecule has 0 bridgehead atoms. The highest BCUT2D eigenvalue weighted by Gasteiger charge is 2.38. The van der Waals surface area contributed by atoms with Gasteiger partial charge in [-0.05, 0) is 39.2 Å². The molecule has 0 aliphatic heterocycles. The molecule has 1 aromatic heterocycles. The zero-order valence-corrected chi connectivity index (χ0v) is 12.6. The Bertz CT molecular complexity index is 604. The number of anilines is 1. The first-order valence-electron chi connectivity index (χ1n) is 7.05. The first-order valence-corrected chi connectivity index (χ1v) is 7.05. The summed E-state index contributed by atoms with van der Waals surface area (Å²) in [6, 6.07) is 1.18. The summed E-state index contributed by atoms with van der Waals surface area (Å²) in [6.07, 6.45) is 9.15. The van der Waals surface area contributed by atoms with Crippen LogP contribution in [-0.2, 0) is 0 Å². The third kappa shape index (κ3) is 3.52. The van der Waals surface area contributed by atoms with Gasteiger partial charge in [0.2, 0.25) is 0 Å². The second-order valence-electron chi connectivity index (χ2n) is 6.02. The van der Waals surface area contributed by atoms with E-state index in [4.69, 9.17) is 6.42 Å². The smallest absolute Gasteiger partial charge is 0.256 e. The van der Waals surface area contributed by atoms with Gasteiger partial charge in [0.1, 0.15) is 11.6 Å². The van der Waals surface area contributed by atoms with E-state index in [1.54, 1.807) is 6.92 Å². The standard InChI is InChI=1S/C16H20FN3O/c1-5-15(3,6-2)20-14(21)12-9-11(17)10-18-13(12)19-16(4)7-8-16/h1,9-10H,6-8H2,2-4H3,(H,18,19)(H,20,21)/t15-/m1/s1. The zero-order chi connectivity index (χ0) is 15.7. The lowest BCUT2D eigenvalue weighted by molar-refractivity contribution is 0.0923. The number of aromatic nitrogens is 1. The number of rotatable bonds is 5. The van der Waals surface area contributed by atoms with Crippen LogP contribution in [0.2, 0.25) is 0 Å². The second-order valence-corrected chi connectivity index (χ2v) is 6.02. The van der Waals surface area contributed by atoms with Crippen molar-refractivity contribution < 1.29 is 9.18 Å². The molecule has 0 aromatic carbocycles. The minimum absolute atomic E-state index is 0.0555. The third-order valence-electron chi connectivity index (χ3n) is 3.93. The summed E-state index contributed by atoms with van der Waals surface area (Å²) in [5.41, 5.74) is -0.637. The average molecular weight is 289 g/mol. The Morgan fingerprint density at radius 1 is 1.62 bits per heavy atom. The summed E-state index contributed by atoms with van der Waals surface area (Å²) >= 11 is 0. The van der Waals surface area contributed by atoms with Crippen molar-refractivity contribution in [2.75, 3.05) is 5.32 Å². The topological polar surface area (TPSA) is 54.0 Å². The molecule has 1 aliphatic rings. The van der Waals surface area contributed by atoms with Gasteiger partial charge < -0.3 is 10.6 Å². The summed E-state index contributed by atoms with van der Waals surface area (Å²) < 4.78 is 13.4. The monoisotopic (exact) mass is 289 g/mol. The van der Waals surface area contributed by atoms with Gasteiger partial charge in [0.15, 0.2) is 0 Å². The van der Waals surface area contributed by atoms with E-state index in [2.05, 4.69) is 21.5 Å². The summed E-state index contributed by atoms with van der Waals surface area (Å²) in [7, 11) is 0. The number of halogens is 1. The number of carbonyl (C=O) groups is 1. The van der Waals surface area contributed by atoms with E-state index in [9.17, 15) is 9.18 Å². The van der Waals surface area contributed by atoms with E-state index in [-0.39, 0.29) is 11.1 Å². The van der Waals surface area contributed by atoms with Crippen LogP contribution in [0.15, 0.2) is 12.3 Å². The maximum Gasteiger partial charge on any atom is 0.256 e.